The van der Waals surface area contributed by atoms with Gasteiger partial charge in [-0.25, -0.2) is 9.67 Å². The molecular formula is C33H29N9O. The summed E-state index contributed by atoms with van der Waals surface area (Å²) in [6, 6.07) is 23.4. The Morgan fingerprint density at radius 3 is 2.30 bits per heavy atom. The van der Waals surface area contributed by atoms with E-state index in [0.717, 1.165) is 74.1 Å². The van der Waals surface area contributed by atoms with Gasteiger partial charge in [-0.3, -0.25) is 14.8 Å². The van der Waals surface area contributed by atoms with Gasteiger partial charge in [0.15, 0.2) is 0 Å². The lowest BCUT2D eigenvalue weighted by molar-refractivity contribution is 0.0952. The number of H-pyrrole nitrogens is 1. The van der Waals surface area contributed by atoms with E-state index in [9.17, 15) is 4.79 Å². The third-order valence-electron chi connectivity index (χ3n) is 7.48. The highest BCUT2D eigenvalue weighted by Crippen LogP contribution is 2.33. The van der Waals surface area contributed by atoms with E-state index in [1.54, 1.807) is 29.2 Å². The maximum absolute atomic E-state index is 12.5. The summed E-state index contributed by atoms with van der Waals surface area (Å²) < 4.78 is 1.71. The predicted octanol–water partition coefficient (Wildman–Crippen LogP) is 5.26. The first-order valence-corrected chi connectivity index (χ1v) is 14.1. The zero-order valence-electron chi connectivity index (χ0n) is 23.8. The van der Waals surface area contributed by atoms with Crippen molar-refractivity contribution < 1.29 is 4.79 Å². The van der Waals surface area contributed by atoms with Crippen molar-refractivity contribution in [2.75, 3.05) is 27.2 Å². The van der Waals surface area contributed by atoms with Crippen molar-refractivity contribution in [3.8, 4) is 28.3 Å². The van der Waals surface area contributed by atoms with Crippen LogP contribution in [0.4, 0.5) is 0 Å². The molecule has 0 spiro atoms. The second kappa shape index (κ2) is 11.1. The average molecular weight is 568 g/mol. The van der Waals surface area contributed by atoms with Crippen molar-refractivity contribution in [1.29, 1.82) is 0 Å². The highest BCUT2D eigenvalue weighted by Gasteiger charge is 2.15. The highest BCUT2D eigenvalue weighted by atomic mass is 16.1. The summed E-state index contributed by atoms with van der Waals surface area (Å²) in [6.45, 7) is 1.57. The van der Waals surface area contributed by atoms with Crippen LogP contribution in [-0.2, 0) is 0 Å². The normalized spacial score (nSPS) is 11.6. The van der Waals surface area contributed by atoms with Crippen molar-refractivity contribution in [2.45, 2.75) is 6.42 Å². The minimum absolute atomic E-state index is 0.0798. The Morgan fingerprint density at radius 2 is 1.56 bits per heavy atom. The van der Waals surface area contributed by atoms with Crippen molar-refractivity contribution in [1.82, 2.24) is 45.1 Å². The maximum Gasteiger partial charge on any atom is 0.251 e. The number of imidazole rings is 1. The fraction of sp³-hybridized carbons (Fsp3) is 0.152. The molecule has 3 aromatic carbocycles. The van der Waals surface area contributed by atoms with E-state index < -0.39 is 0 Å². The third kappa shape index (κ3) is 5.08. The van der Waals surface area contributed by atoms with E-state index in [1.807, 2.05) is 81.0 Å². The van der Waals surface area contributed by atoms with Crippen molar-refractivity contribution in [2.24, 2.45) is 0 Å². The summed E-state index contributed by atoms with van der Waals surface area (Å²) >= 11 is 0. The number of pyridine rings is 2. The summed E-state index contributed by atoms with van der Waals surface area (Å²) in [4.78, 5) is 32.2. The maximum atomic E-state index is 12.5. The van der Waals surface area contributed by atoms with Gasteiger partial charge in [-0.05, 0) is 75.6 Å². The van der Waals surface area contributed by atoms with E-state index >= 15 is 0 Å². The molecular weight excluding hydrogens is 538 g/mol. The van der Waals surface area contributed by atoms with Crippen LogP contribution in [0.25, 0.3) is 61.2 Å². The van der Waals surface area contributed by atoms with Crippen molar-refractivity contribution in [3.05, 3.63) is 97.0 Å². The Morgan fingerprint density at radius 1 is 0.860 bits per heavy atom. The quantitative estimate of drug-likeness (QED) is 0.190. The highest BCUT2D eigenvalue weighted by molar-refractivity contribution is 6.21. The van der Waals surface area contributed by atoms with Gasteiger partial charge in [-0.1, -0.05) is 29.5 Å². The molecule has 0 atom stereocenters. The number of nitrogens with zero attached hydrogens (tertiary/aromatic N) is 7. The number of fused-ring (bicyclic) bond motifs is 6. The Bertz CT molecular complexity index is 2000. The molecule has 0 aliphatic carbocycles. The number of aromatic amines is 1. The number of amides is 1. The van der Waals surface area contributed by atoms with Gasteiger partial charge >= 0.3 is 0 Å². The van der Waals surface area contributed by atoms with E-state index in [-0.39, 0.29) is 5.91 Å². The average Bonchev–Trinajstić information content (AvgIpc) is 3.72. The lowest BCUT2D eigenvalue weighted by Crippen LogP contribution is -2.27. The number of nitrogens with one attached hydrogen (secondary N) is 2. The number of aromatic nitrogens is 7. The molecule has 0 saturated carbocycles. The van der Waals surface area contributed by atoms with Crippen LogP contribution in [0.5, 0.6) is 0 Å². The summed E-state index contributed by atoms with van der Waals surface area (Å²) in [6.07, 6.45) is 6.36. The van der Waals surface area contributed by atoms with Crippen LogP contribution in [0.15, 0.2) is 91.4 Å². The van der Waals surface area contributed by atoms with Crippen LogP contribution >= 0.6 is 0 Å². The number of rotatable bonds is 8. The minimum atomic E-state index is -0.0798. The number of benzene rings is 3. The summed E-state index contributed by atoms with van der Waals surface area (Å²) in [5, 5.41) is 13.6. The van der Waals surface area contributed by atoms with Gasteiger partial charge in [-0.15, -0.1) is 5.10 Å². The van der Waals surface area contributed by atoms with E-state index in [1.165, 1.54) is 0 Å². The number of carbonyl (C=O) groups is 1. The molecule has 212 valence electrons. The van der Waals surface area contributed by atoms with Crippen LogP contribution in [0, 0.1) is 0 Å². The van der Waals surface area contributed by atoms with Crippen LogP contribution in [0.1, 0.15) is 16.8 Å². The summed E-state index contributed by atoms with van der Waals surface area (Å²) in [5.41, 5.74) is 7.59. The largest absolute Gasteiger partial charge is 0.352 e. The fourth-order valence-electron chi connectivity index (χ4n) is 5.27. The Hall–Kier alpha value is -5.48. The summed E-state index contributed by atoms with van der Waals surface area (Å²) in [7, 11) is 4.04. The van der Waals surface area contributed by atoms with E-state index in [4.69, 9.17) is 4.98 Å². The molecule has 0 bridgehead atoms. The number of hydrogen-bond acceptors (Lipinski definition) is 7. The van der Waals surface area contributed by atoms with Gasteiger partial charge in [-0.2, -0.15) is 0 Å². The van der Waals surface area contributed by atoms with E-state index in [2.05, 4.69) is 35.5 Å². The van der Waals surface area contributed by atoms with Gasteiger partial charge in [0.05, 0.1) is 34.0 Å². The molecule has 0 aliphatic heterocycles. The Balaban J connectivity index is 1.10. The van der Waals surface area contributed by atoms with Crippen LogP contribution in [-0.4, -0.2) is 72.9 Å². The first kappa shape index (κ1) is 26.4. The molecule has 2 N–H and O–H groups in total. The third-order valence-corrected chi connectivity index (χ3v) is 7.48. The molecule has 7 rings (SSSR count). The molecule has 0 aliphatic rings. The second-order valence-corrected chi connectivity index (χ2v) is 10.7. The summed E-state index contributed by atoms with van der Waals surface area (Å²) in [5.74, 6) is 0.692. The second-order valence-electron chi connectivity index (χ2n) is 10.7. The molecule has 7 aromatic rings. The van der Waals surface area contributed by atoms with Crippen molar-refractivity contribution >= 4 is 38.7 Å². The topological polar surface area (TPSA) is 118 Å². The monoisotopic (exact) mass is 567 g/mol. The van der Waals surface area contributed by atoms with Gasteiger partial charge in [0.1, 0.15) is 11.5 Å². The number of hydrogen-bond donors (Lipinski definition) is 2. The lowest BCUT2D eigenvalue weighted by Gasteiger charge is -2.10. The first-order valence-electron chi connectivity index (χ1n) is 14.1. The Labute approximate surface area is 247 Å². The molecule has 10 nitrogen and oxygen atoms in total. The predicted molar refractivity (Wildman–Crippen MR) is 168 cm³/mol. The molecule has 0 unspecified atom stereocenters. The molecule has 0 fully saturated rings. The molecule has 0 radical (unpaired) electrons. The lowest BCUT2D eigenvalue weighted by atomic mass is 10.1. The minimum Gasteiger partial charge on any atom is -0.352 e. The van der Waals surface area contributed by atoms with Crippen LogP contribution in [0.2, 0.25) is 0 Å². The van der Waals surface area contributed by atoms with E-state index in [0.29, 0.717) is 12.1 Å². The molecule has 4 aromatic heterocycles. The fourth-order valence-corrected chi connectivity index (χ4v) is 5.27. The van der Waals surface area contributed by atoms with Crippen LogP contribution < -0.4 is 5.32 Å². The van der Waals surface area contributed by atoms with Gasteiger partial charge < -0.3 is 15.2 Å². The van der Waals surface area contributed by atoms with Gasteiger partial charge in [0, 0.05) is 46.4 Å². The molecule has 1 amide bonds. The first-order chi connectivity index (χ1) is 21.0. The SMILES string of the molecule is CN(C)CCCNC(=O)c1ccc(-n2cc(-c3ccc(-c4nc5c6cccnc6c6ncccc6c5[nH]4)cc3)nn2)cc1. The van der Waals surface area contributed by atoms with Crippen molar-refractivity contribution in [3.63, 3.8) is 0 Å². The molecule has 10 heteroatoms. The van der Waals surface area contributed by atoms with Crippen LogP contribution in [0.3, 0.4) is 0 Å². The standard InChI is InChI=1S/C33H29N9O/c1-41(2)19-5-18-36-33(43)23-12-14-24(15-13-23)42-20-27(39-40-42)21-8-10-22(11-9-21)32-37-30-25-6-3-16-34-28(25)29-26(31(30)38-32)7-4-17-35-29/h3-4,6-17,20H,5,18-19H2,1-2H3,(H,36,43)(H,37,38). The van der Waals surface area contributed by atoms with Gasteiger partial charge in [0.2, 0.25) is 0 Å². The Kier molecular flexibility index (Phi) is 6.80. The zero-order valence-corrected chi connectivity index (χ0v) is 23.8. The molecule has 4 heterocycles. The molecule has 43 heavy (non-hydrogen) atoms. The number of carbonyl (C=O) groups excluding carboxylic acids is 1. The molecule has 0 saturated heterocycles. The van der Waals surface area contributed by atoms with Gasteiger partial charge in [0.25, 0.3) is 5.91 Å². The zero-order chi connectivity index (χ0) is 29.3. The smallest absolute Gasteiger partial charge is 0.251 e.